The molecule has 0 saturated carbocycles. The molecule has 8 heteroatoms. The second-order valence-electron chi connectivity index (χ2n) is 3.58. The van der Waals surface area contributed by atoms with Gasteiger partial charge in [0.2, 0.25) is 5.91 Å². The van der Waals surface area contributed by atoms with E-state index in [1.54, 1.807) is 13.2 Å². The topological polar surface area (TPSA) is 76.1 Å². The fraction of sp³-hybridized carbons (Fsp3) is 0.545. The molecule has 0 aliphatic heterocycles. The summed E-state index contributed by atoms with van der Waals surface area (Å²) in [6, 6.07) is 1.63. The number of rotatable bonds is 8. The van der Waals surface area contributed by atoms with Crippen molar-refractivity contribution in [1.82, 2.24) is 15.3 Å². The molecule has 1 heterocycles. The lowest BCUT2D eigenvalue weighted by atomic mass is 10.4. The van der Waals surface area contributed by atoms with Crippen LogP contribution in [0.4, 0.5) is 5.82 Å². The number of thioether (sulfide) groups is 1. The summed E-state index contributed by atoms with van der Waals surface area (Å²) >= 11 is 7.27. The Hall–Kier alpha value is -1.05. The second-order valence-corrected chi connectivity index (χ2v) is 4.74. The first-order valence-electron chi connectivity index (χ1n) is 5.73. The smallest absolute Gasteiger partial charge is 0.221 e. The van der Waals surface area contributed by atoms with Gasteiger partial charge in [0, 0.05) is 32.7 Å². The third-order valence-corrected chi connectivity index (χ3v) is 2.88. The Bertz CT molecular complexity index is 420. The van der Waals surface area contributed by atoms with Crippen LogP contribution < -0.4 is 10.6 Å². The highest BCUT2D eigenvalue weighted by Gasteiger charge is 2.04. The first kappa shape index (κ1) is 16.0. The average Bonchev–Trinajstić information content (AvgIpc) is 2.38. The molecule has 0 aliphatic rings. The molecular formula is C11H17ClN4O2S. The molecule has 1 amide bonds. The van der Waals surface area contributed by atoms with Gasteiger partial charge in [0.15, 0.2) is 5.16 Å². The van der Waals surface area contributed by atoms with Gasteiger partial charge < -0.3 is 15.4 Å². The molecule has 1 rings (SSSR count). The van der Waals surface area contributed by atoms with E-state index in [0.29, 0.717) is 42.2 Å². The quantitative estimate of drug-likeness (QED) is 0.327. The molecule has 6 nitrogen and oxygen atoms in total. The van der Waals surface area contributed by atoms with Crippen molar-refractivity contribution in [1.29, 1.82) is 0 Å². The Labute approximate surface area is 121 Å². The zero-order chi connectivity index (χ0) is 14.1. The van der Waals surface area contributed by atoms with Crippen LogP contribution >= 0.6 is 23.4 Å². The van der Waals surface area contributed by atoms with Crippen LogP contribution in [-0.4, -0.2) is 48.9 Å². The number of hydrogen-bond acceptors (Lipinski definition) is 6. The van der Waals surface area contributed by atoms with Crippen LogP contribution in [-0.2, 0) is 9.53 Å². The third kappa shape index (κ3) is 6.60. The minimum Gasteiger partial charge on any atom is -0.383 e. The van der Waals surface area contributed by atoms with E-state index < -0.39 is 0 Å². The van der Waals surface area contributed by atoms with E-state index in [1.165, 1.54) is 11.8 Å². The maximum absolute atomic E-state index is 11.4. The molecule has 0 unspecified atom stereocenters. The molecule has 0 fully saturated rings. The van der Waals surface area contributed by atoms with Gasteiger partial charge in [-0.25, -0.2) is 9.97 Å². The first-order valence-corrected chi connectivity index (χ1v) is 7.34. The minimum absolute atomic E-state index is 0.0326. The Morgan fingerprint density at radius 2 is 2.26 bits per heavy atom. The number of hydrogen-bond donors (Lipinski definition) is 2. The van der Waals surface area contributed by atoms with Gasteiger partial charge >= 0.3 is 0 Å². The number of anilines is 1. The van der Waals surface area contributed by atoms with Crippen LogP contribution in [0.5, 0.6) is 0 Å². The number of halogens is 1. The van der Waals surface area contributed by atoms with Crippen molar-refractivity contribution in [3.8, 4) is 0 Å². The summed E-state index contributed by atoms with van der Waals surface area (Å²) in [6.45, 7) is 1.52. The van der Waals surface area contributed by atoms with Crippen LogP contribution in [0.3, 0.4) is 0 Å². The van der Waals surface area contributed by atoms with Crippen molar-refractivity contribution >= 4 is 35.1 Å². The summed E-state index contributed by atoms with van der Waals surface area (Å²) in [4.78, 5) is 19.7. The van der Waals surface area contributed by atoms with E-state index in [1.807, 2.05) is 6.26 Å². The number of ether oxygens (including phenoxy) is 1. The molecule has 0 radical (unpaired) electrons. The van der Waals surface area contributed by atoms with Gasteiger partial charge in [0.25, 0.3) is 0 Å². The van der Waals surface area contributed by atoms with Crippen molar-refractivity contribution in [2.75, 3.05) is 38.4 Å². The van der Waals surface area contributed by atoms with Crippen LogP contribution in [0.15, 0.2) is 11.2 Å². The molecule has 0 spiro atoms. The van der Waals surface area contributed by atoms with Crippen LogP contribution in [0, 0.1) is 0 Å². The van der Waals surface area contributed by atoms with E-state index in [9.17, 15) is 4.79 Å². The predicted molar refractivity (Wildman–Crippen MR) is 76.8 cm³/mol. The fourth-order valence-corrected chi connectivity index (χ4v) is 1.88. The highest BCUT2D eigenvalue weighted by atomic mass is 35.5. The van der Waals surface area contributed by atoms with Gasteiger partial charge in [-0.05, 0) is 6.26 Å². The number of methoxy groups -OCH3 is 1. The summed E-state index contributed by atoms with van der Waals surface area (Å²) in [7, 11) is 1.59. The summed E-state index contributed by atoms with van der Waals surface area (Å²) in [5, 5.41) is 6.76. The molecule has 0 saturated heterocycles. The number of amides is 1. The summed E-state index contributed by atoms with van der Waals surface area (Å²) in [5.74, 6) is 0.587. The van der Waals surface area contributed by atoms with E-state index in [-0.39, 0.29) is 5.91 Å². The Balaban J connectivity index is 2.32. The molecule has 2 N–H and O–H groups in total. The maximum Gasteiger partial charge on any atom is 0.221 e. The number of aromatic nitrogens is 2. The zero-order valence-corrected chi connectivity index (χ0v) is 12.5. The molecule has 0 aliphatic carbocycles. The van der Waals surface area contributed by atoms with Crippen molar-refractivity contribution < 1.29 is 9.53 Å². The first-order chi connectivity index (χ1) is 9.15. The van der Waals surface area contributed by atoms with Gasteiger partial charge in [-0.2, -0.15) is 0 Å². The standard InChI is InChI=1S/C11H17ClN4O2S/c1-18-6-5-14-10(17)3-4-13-9-7-8(12)15-11(16-9)19-2/h7H,3-6H2,1-2H3,(H,14,17)(H,13,15,16). The van der Waals surface area contributed by atoms with Gasteiger partial charge in [-0.15, -0.1) is 0 Å². The molecule has 0 bridgehead atoms. The normalized spacial score (nSPS) is 10.3. The SMILES string of the molecule is COCCNC(=O)CCNc1cc(Cl)nc(SC)n1. The molecule has 1 aromatic heterocycles. The van der Waals surface area contributed by atoms with Gasteiger partial charge in [-0.1, -0.05) is 23.4 Å². The number of nitrogens with one attached hydrogen (secondary N) is 2. The molecular weight excluding hydrogens is 288 g/mol. The lowest BCUT2D eigenvalue weighted by Gasteiger charge is -2.07. The highest BCUT2D eigenvalue weighted by Crippen LogP contribution is 2.16. The molecule has 0 atom stereocenters. The van der Waals surface area contributed by atoms with Gasteiger partial charge in [0.1, 0.15) is 11.0 Å². The van der Waals surface area contributed by atoms with Crippen molar-refractivity contribution in [2.45, 2.75) is 11.6 Å². The Morgan fingerprint density at radius 1 is 1.47 bits per heavy atom. The summed E-state index contributed by atoms with van der Waals surface area (Å²) < 4.78 is 4.84. The van der Waals surface area contributed by atoms with E-state index in [4.69, 9.17) is 16.3 Å². The summed E-state index contributed by atoms with van der Waals surface area (Å²) in [6.07, 6.45) is 2.23. The predicted octanol–water partition coefficient (Wildman–Crippen LogP) is 1.42. The van der Waals surface area contributed by atoms with E-state index in [0.717, 1.165) is 0 Å². The van der Waals surface area contributed by atoms with E-state index in [2.05, 4.69) is 20.6 Å². The van der Waals surface area contributed by atoms with Crippen molar-refractivity contribution in [2.24, 2.45) is 0 Å². The largest absolute Gasteiger partial charge is 0.383 e. The number of carbonyl (C=O) groups excluding carboxylic acids is 1. The van der Waals surface area contributed by atoms with Crippen LogP contribution in [0.1, 0.15) is 6.42 Å². The fourth-order valence-electron chi connectivity index (χ4n) is 1.26. The van der Waals surface area contributed by atoms with Crippen LogP contribution in [0.25, 0.3) is 0 Å². The van der Waals surface area contributed by atoms with Crippen LogP contribution in [0.2, 0.25) is 5.15 Å². The van der Waals surface area contributed by atoms with Gasteiger partial charge in [0.05, 0.1) is 6.61 Å². The Morgan fingerprint density at radius 3 is 2.95 bits per heavy atom. The van der Waals surface area contributed by atoms with Gasteiger partial charge in [-0.3, -0.25) is 4.79 Å². The third-order valence-electron chi connectivity index (χ3n) is 2.14. The second kappa shape index (κ2) is 8.95. The molecule has 0 aromatic carbocycles. The number of nitrogens with zero attached hydrogens (tertiary/aromatic N) is 2. The van der Waals surface area contributed by atoms with E-state index >= 15 is 0 Å². The zero-order valence-electron chi connectivity index (χ0n) is 10.9. The minimum atomic E-state index is -0.0326. The lowest BCUT2D eigenvalue weighted by molar-refractivity contribution is -0.121. The molecule has 1 aromatic rings. The molecule has 19 heavy (non-hydrogen) atoms. The Kier molecular flexibility index (Phi) is 7.54. The maximum atomic E-state index is 11.4. The highest BCUT2D eigenvalue weighted by molar-refractivity contribution is 7.98. The van der Waals surface area contributed by atoms with Crippen molar-refractivity contribution in [3.63, 3.8) is 0 Å². The monoisotopic (exact) mass is 304 g/mol. The van der Waals surface area contributed by atoms with Crippen molar-refractivity contribution in [3.05, 3.63) is 11.2 Å². The lowest BCUT2D eigenvalue weighted by Crippen LogP contribution is -2.28. The molecule has 106 valence electrons. The number of carbonyl (C=O) groups is 1. The summed E-state index contributed by atoms with van der Waals surface area (Å²) in [5.41, 5.74) is 0. The average molecular weight is 305 g/mol.